The number of anilines is 1. The molecular weight excluding hydrogens is 246 g/mol. The van der Waals surface area contributed by atoms with Crippen molar-refractivity contribution in [3.05, 3.63) is 30.3 Å². The van der Waals surface area contributed by atoms with Gasteiger partial charge in [0.25, 0.3) is 0 Å². The molecule has 100 valence electrons. The number of hydrogen-bond acceptors (Lipinski definition) is 3. The van der Waals surface area contributed by atoms with Crippen LogP contribution in [0.15, 0.2) is 30.3 Å². The standard InChI is InChI=1S/C14H21NO2S/c1-3-15(13-7-5-4-6-8-13)14(17)11-18-12(2)9-10-16/h4-8,12,16H,3,9-11H2,1-2H3. The largest absolute Gasteiger partial charge is 0.396 e. The maximum Gasteiger partial charge on any atom is 0.236 e. The third-order valence-electron chi connectivity index (χ3n) is 2.71. The fraction of sp³-hybridized carbons (Fsp3) is 0.500. The number of amides is 1. The predicted molar refractivity (Wildman–Crippen MR) is 78.1 cm³/mol. The third kappa shape index (κ3) is 4.70. The Balaban J connectivity index is 2.53. The summed E-state index contributed by atoms with van der Waals surface area (Å²) >= 11 is 1.60. The minimum Gasteiger partial charge on any atom is -0.396 e. The molecule has 18 heavy (non-hydrogen) atoms. The molecule has 4 heteroatoms. The SMILES string of the molecule is CCN(C(=O)CSC(C)CCO)c1ccccc1. The summed E-state index contributed by atoms with van der Waals surface area (Å²) in [6, 6.07) is 9.71. The molecule has 0 aliphatic heterocycles. The van der Waals surface area contributed by atoms with E-state index in [1.807, 2.05) is 44.2 Å². The monoisotopic (exact) mass is 267 g/mol. The van der Waals surface area contributed by atoms with Crippen molar-refractivity contribution in [2.24, 2.45) is 0 Å². The molecule has 0 aromatic heterocycles. The first-order chi connectivity index (χ1) is 8.69. The maximum atomic E-state index is 12.1. The van der Waals surface area contributed by atoms with Crippen molar-refractivity contribution in [1.29, 1.82) is 0 Å². The van der Waals surface area contributed by atoms with Crippen molar-refractivity contribution in [3.63, 3.8) is 0 Å². The minimum atomic E-state index is 0.124. The van der Waals surface area contributed by atoms with Gasteiger partial charge < -0.3 is 10.0 Å². The zero-order chi connectivity index (χ0) is 13.4. The summed E-state index contributed by atoms with van der Waals surface area (Å²) in [5.41, 5.74) is 0.945. The first kappa shape index (κ1) is 15.1. The minimum absolute atomic E-state index is 0.124. The molecule has 1 amide bonds. The highest BCUT2D eigenvalue weighted by atomic mass is 32.2. The first-order valence-electron chi connectivity index (χ1n) is 6.27. The lowest BCUT2D eigenvalue weighted by Gasteiger charge is -2.21. The second-order valence-electron chi connectivity index (χ2n) is 4.11. The highest BCUT2D eigenvalue weighted by Gasteiger charge is 2.14. The van der Waals surface area contributed by atoms with Crippen molar-refractivity contribution in [3.8, 4) is 0 Å². The molecule has 1 N–H and O–H groups in total. The van der Waals surface area contributed by atoms with Crippen LogP contribution < -0.4 is 4.90 Å². The van der Waals surface area contributed by atoms with Crippen molar-refractivity contribution in [1.82, 2.24) is 0 Å². The molecule has 1 aromatic rings. The lowest BCUT2D eigenvalue weighted by Crippen LogP contribution is -2.32. The summed E-state index contributed by atoms with van der Waals surface area (Å²) < 4.78 is 0. The number of nitrogens with zero attached hydrogens (tertiary/aromatic N) is 1. The van der Waals surface area contributed by atoms with E-state index >= 15 is 0 Å². The Bertz CT molecular complexity index is 356. The van der Waals surface area contributed by atoms with E-state index in [9.17, 15) is 4.79 Å². The van der Waals surface area contributed by atoms with Gasteiger partial charge in [0.2, 0.25) is 5.91 Å². The molecule has 1 aromatic carbocycles. The van der Waals surface area contributed by atoms with E-state index < -0.39 is 0 Å². The molecule has 0 fully saturated rings. The normalized spacial score (nSPS) is 12.2. The maximum absolute atomic E-state index is 12.1. The van der Waals surface area contributed by atoms with Crippen LogP contribution in [0.4, 0.5) is 5.69 Å². The van der Waals surface area contributed by atoms with E-state index in [0.29, 0.717) is 17.5 Å². The van der Waals surface area contributed by atoms with Crippen LogP contribution in [0.2, 0.25) is 0 Å². The van der Waals surface area contributed by atoms with Crippen molar-refractivity contribution >= 4 is 23.4 Å². The Morgan fingerprint density at radius 3 is 2.61 bits per heavy atom. The topological polar surface area (TPSA) is 40.5 Å². The number of hydrogen-bond donors (Lipinski definition) is 1. The molecule has 3 nitrogen and oxygen atoms in total. The average molecular weight is 267 g/mol. The molecule has 0 aliphatic carbocycles. The molecule has 1 unspecified atom stereocenters. The summed E-state index contributed by atoms with van der Waals surface area (Å²) in [6.07, 6.45) is 0.732. The van der Waals surface area contributed by atoms with Gasteiger partial charge in [-0.2, -0.15) is 0 Å². The summed E-state index contributed by atoms with van der Waals surface area (Å²) in [7, 11) is 0. The molecule has 0 aliphatic rings. The van der Waals surface area contributed by atoms with Gasteiger partial charge in [-0.15, -0.1) is 11.8 Å². The van der Waals surface area contributed by atoms with Gasteiger partial charge in [0.1, 0.15) is 0 Å². The third-order valence-corrected chi connectivity index (χ3v) is 3.93. The van der Waals surface area contributed by atoms with Gasteiger partial charge in [0.05, 0.1) is 5.75 Å². The fourth-order valence-electron chi connectivity index (χ4n) is 1.67. The number of benzene rings is 1. The molecule has 1 atom stereocenters. The number of rotatable bonds is 7. The van der Waals surface area contributed by atoms with Crippen LogP contribution in [0.25, 0.3) is 0 Å². The van der Waals surface area contributed by atoms with Crippen LogP contribution in [0.1, 0.15) is 20.3 Å². The molecule has 0 saturated carbocycles. The quantitative estimate of drug-likeness (QED) is 0.825. The molecule has 0 radical (unpaired) electrons. The van der Waals surface area contributed by atoms with E-state index in [4.69, 9.17) is 5.11 Å². The van der Waals surface area contributed by atoms with Crippen molar-refractivity contribution in [2.45, 2.75) is 25.5 Å². The van der Waals surface area contributed by atoms with Crippen LogP contribution in [0.3, 0.4) is 0 Å². The van der Waals surface area contributed by atoms with E-state index in [2.05, 4.69) is 0 Å². The van der Waals surface area contributed by atoms with Crippen LogP contribution in [-0.2, 0) is 4.79 Å². The first-order valence-corrected chi connectivity index (χ1v) is 7.31. The average Bonchev–Trinajstić information content (AvgIpc) is 2.39. The Labute approximate surface area is 113 Å². The number of aliphatic hydroxyl groups is 1. The van der Waals surface area contributed by atoms with Gasteiger partial charge in [0, 0.05) is 24.1 Å². The Kier molecular flexibility index (Phi) is 6.83. The number of para-hydroxylation sites is 1. The van der Waals surface area contributed by atoms with Crippen molar-refractivity contribution in [2.75, 3.05) is 23.8 Å². The number of carbonyl (C=O) groups excluding carboxylic acids is 1. The Morgan fingerprint density at radius 1 is 1.39 bits per heavy atom. The summed E-state index contributed by atoms with van der Waals surface area (Å²) in [4.78, 5) is 13.9. The molecule has 0 bridgehead atoms. The fourth-order valence-corrected chi connectivity index (χ4v) is 2.52. The molecular formula is C14H21NO2S. The predicted octanol–water partition coefficient (Wildman–Crippen LogP) is 2.54. The number of thioether (sulfide) groups is 1. The molecule has 0 heterocycles. The van der Waals surface area contributed by atoms with E-state index in [-0.39, 0.29) is 12.5 Å². The van der Waals surface area contributed by atoms with Crippen LogP contribution in [0, 0.1) is 0 Å². The second kappa shape index (κ2) is 8.16. The lowest BCUT2D eigenvalue weighted by atomic mass is 10.3. The van der Waals surface area contributed by atoms with Crippen LogP contribution >= 0.6 is 11.8 Å². The Morgan fingerprint density at radius 2 is 2.06 bits per heavy atom. The van der Waals surface area contributed by atoms with Gasteiger partial charge in [-0.3, -0.25) is 4.79 Å². The van der Waals surface area contributed by atoms with E-state index in [1.54, 1.807) is 16.7 Å². The van der Waals surface area contributed by atoms with E-state index in [0.717, 1.165) is 12.1 Å². The second-order valence-corrected chi connectivity index (χ2v) is 5.53. The summed E-state index contributed by atoms with van der Waals surface area (Å²) in [5, 5.41) is 9.14. The molecule has 0 spiro atoms. The smallest absolute Gasteiger partial charge is 0.236 e. The number of carbonyl (C=O) groups is 1. The van der Waals surface area contributed by atoms with Gasteiger partial charge in [-0.1, -0.05) is 25.1 Å². The van der Waals surface area contributed by atoms with Gasteiger partial charge in [-0.25, -0.2) is 0 Å². The van der Waals surface area contributed by atoms with Crippen LogP contribution in [0.5, 0.6) is 0 Å². The molecule has 0 saturated heterocycles. The Hall–Kier alpha value is -1.00. The summed E-state index contributed by atoms with van der Waals surface area (Å²) in [5.74, 6) is 0.586. The van der Waals surface area contributed by atoms with Crippen LogP contribution in [-0.4, -0.2) is 35.2 Å². The lowest BCUT2D eigenvalue weighted by molar-refractivity contribution is -0.116. The highest BCUT2D eigenvalue weighted by molar-refractivity contribution is 8.00. The van der Waals surface area contributed by atoms with Gasteiger partial charge in [0.15, 0.2) is 0 Å². The zero-order valence-electron chi connectivity index (χ0n) is 11.0. The van der Waals surface area contributed by atoms with E-state index in [1.165, 1.54) is 0 Å². The van der Waals surface area contributed by atoms with Gasteiger partial charge in [-0.05, 0) is 25.5 Å². The molecule has 1 rings (SSSR count). The number of aliphatic hydroxyl groups excluding tert-OH is 1. The summed E-state index contributed by atoms with van der Waals surface area (Å²) in [6.45, 7) is 4.87. The van der Waals surface area contributed by atoms with Gasteiger partial charge >= 0.3 is 0 Å². The highest BCUT2D eigenvalue weighted by Crippen LogP contribution is 2.18. The van der Waals surface area contributed by atoms with Crippen molar-refractivity contribution < 1.29 is 9.90 Å². The zero-order valence-corrected chi connectivity index (χ0v) is 11.8.